The number of hydrogen-bond donors (Lipinski definition) is 2. The number of hydrogen-bond acceptors (Lipinski definition) is 6. The molecule has 0 spiro atoms. The SMILES string of the molecule is Cc1cc(C)c2c(c1)c1c(N)ncnc1n2CC(=O)N1[C@@H]2CC2C[C@H]1C(=O)Nc1cccc(Br)n1. The van der Waals surface area contributed by atoms with Crippen molar-refractivity contribution in [3.05, 3.63) is 52.4 Å². The van der Waals surface area contributed by atoms with Gasteiger partial charge in [0.2, 0.25) is 11.8 Å². The van der Waals surface area contributed by atoms with Crippen LogP contribution in [0.25, 0.3) is 21.9 Å². The van der Waals surface area contributed by atoms with E-state index in [9.17, 15) is 9.59 Å². The Morgan fingerprint density at radius 1 is 1.20 bits per heavy atom. The topological polar surface area (TPSA) is 119 Å². The van der Waals surface area contributed by atoms with Crippen LogP contribution in [0.2, 0.25) is 0 Å². The summed E-state index contributed by atoms with van der Waals surface area (Å²) in [5.41, 5.74) is 9.91. The Morgan fingerprint density at radius 3 is 2.83 bits per heavy atom. The predicted molar refractivity (Wildman–Crippen MR) is 137 cm³/mol. The Bertz CT molecular complexity index is 1530. The van der Waals surface area contributed by atoms with E-state index in [4.69, 9.17) is 5.73 Å². The highest BCUT2D eigenvalue weighted by atomic mass is 79.9. The Kier molecular flexibility index (Phi) is 5.03. The van der Waals surface area contributed by atoms with E-state index in [1.807, 2.05) is 24.5 Å². The van der Waals surface area contributed by atoms with Crippen LogP contribution >= 0.6 is 15.9 Å². The number of aromatic nitrogens is 4. The molecule has 4 aromatic rings. The van der Waals surface area contributed by atoms with E-state index in [1.165, 1.54) is 6.33 Å². The number of halogens is 1. The lowest BCUT2D eigenvalue weighted by molar-refractivity contribution is -0.138. The number of nitrogens with one attached hydrogen (secondary N) is 1. The molecule has 1 unspecified atom stereocenters. The number of likely N-dealkylation sites (tertiary alicyclic amines) is 1. The van der Waals surface area contributed by atoms with Gasteiger partial charge in [-0.1, -0.05) is 17.7 Å². The van der Waals surface area contributed by atoms with Gasteiger partial charge in [0.1, 0.15) is 40.8 Å². The highest BCUT2D eigenvalue weighted by Gasteiger charge is 2.56. The first-order chi connectivity index (χ1) is 16.8. The third kappa shape index (κ3) is 3.63. The monoisotopic (exact) mass is 533 g/mol. The van der Waals surface area contributed by atoms with E-state index in [2.05, 4.69) is 48.3 Å². The smallest absolute Gasteiger partial charge is 0.248 e. The average molecular weight is 534 g/mol. The van der Waals surface area contributed by atoms with Crippen LogP contribution in [0, 0.1) is 19.8 Å². The molecule has 3 aromatic heterocycles. The van der Waals surface area contributed by atoms with Crippen LogP contribution in [0.1, 0.15) is 24.0 Å². The minimum atomic E-state index is -0.525. The molecule has 3 atom stereocenters. The van der Waals surface area contributed by atoms with E-state index in [0.717, 1.165) is 33.8 Å². The van der Waals surface area contributed by atoms with Crippen LogP contribution in [0.5, 0.6) is 0 Å². The molecule has 6 rings (SSSR count). The van der Waals surface area contributed by atoms with Crippen molar-refractivity contribution in [2.75, 3.05) is 11.1 Å². The third-order valence-electron chi connectivity index (χ3n) is 7.05. The van der Waals surface area contributed by atoms with Gasteiger partial charge in [0.25, 0.3) is 0 Å². The zero-order chi connectivity index (χ0) is 24.4. The summed E-state index contributed by atoms with van der Waals surface area (Å²) < 4.78 is 2.55. The van der Waals surface area contributed by atoms with Crippen molar-refractivity contribution in [2.45, 2.75) is 45.3 Å². The van der Waals surface area contributed by atoms with Crippen molar-refractivity contribution in [3.8, 4) is 0 Å². The van der Waals surface area contributed by atoms with Crippen molar-refractivity contribution in [1.29, 1.82) is 0 Å². The van der Waals surface area contributed by atoms with E-state index >= 15 is 0 Å². The number of amides is 2. The highest BCUT2D eigenvalue weighted by molar-refractivity contribution is 9.10. The summed E-state index contributed by atoms with van der Waals surface area (Å²) >= 11 is 3.33. The second kappa shape index (κ2) is 8.01. The molecule has 2 amide bonds. The number of piperidine rings is 1. The second-order valence-corrected chi connectivity index (χ2v) is 10.3. The van der Waals surface area contributed by atoms with E-state index in [0.29, 0.717) is 34.2 Å². The summed E-state index contributed by atoms with van der Waals surface area (Å²) in [7, 11) is 0. The fraction of sp³-hybridized carbons (Fsp3) is 0.320. The normalized spacial score (nSPS) is 20.9. The molecule has 1 saturated heterocycles. The zero-order valence-corrected chi connectivity index (χ0v) is 20.9. The third-order valence-corrected chi connectivity index (χ3v) is 7.49. The maximum Gasteiger partial charge on any atom is 0.248 e. The first-order valence-corrected chi connectivity index (χ1v) is 12.4. The fourth-order valence-electron chi connectivity index (χ4n) is 5.57. The van der Waals surface area contributed by atoms with Crippen LogP contribution < -0.4 is 11.1 Å². The van der Waals surface area contributed by atoms with Gasteiger partial charge in [0.05, 0.1) is 10.9 Å². The largest absolute Gasteiger partial charge is 0.383 e. The maximum absolute atomic E-state index is 13.7. The van der Waals surface area contributed by atoms with E-state index in [-0.39, 0.29) is 24.4 Å². The number of benzene rings is 1. The zero-order valence-electron chi connectivity index (χ0n) is 19.3. The molecule has 2 aliphatic rings. The van der Waals surface area contributed by atoms with Crippen molar-refractivity contribution >= 4 is 61.3 Å². The second-order valence-electron chi connectivity index (χ2n) is 9.47. The van der Waals surface area contributed by atoms with Gasteiger partial charge in [0.15, 0.2) is 0 Å². The van der Waals surface area contributed by atoms with Crippen molar-refractivity contribution in [3.63, 3.8) is 0 Å². The van der Waals surface area contributed by atoms with E-state index in [1.54, 1.807) is 17.0 Å². The number of nitrogen functional groups attached to an aromatic ring is 1. The molecule has 2 fully saturated rings. The van der Waals surface area contributed by atoms with Crippen LogP contribution in [0.15, 0.2) is 41.3 Å². The summed E-state index contributed by atoms with van der Waals surface area (Å²) in [6.07, 6.45) is 3.02. The predicted octanol–water partition coefficient (Wildman–Crippen LogP) is 3.57. The number of anilines is 2. The van der Waals surface area contributed by atoms with Gasteiger partial charge in [0, 0.05) is 11.4 Å². The van der Waals surface area contributed by atoms with Gasteiger partial charge in [-0.05, 0) is 72.3 Å². The number of carbonyl (C=O) groups is 2. The van der Waals surface area contributed by atoms with Gasteiger partial charge in [-0.3, -0.25) is 9.59 Å². The number of fused-ring (bicyclic) bond motifs is 4. The summed E-state index contributed by atoms with van der Waals surface area (Å²) in [5.74, 6) is 0.895. The molecule has 1 aromatic carbocycles. The van der Waals surface area contributed by atoms with Crippen molar-refractivity contribution < 1.29 is 9.59 Å². The molecule has 9 nitrogen and oxygen atoms in total. The van der Waals surface area contributed by atoms with Gasteiger partial charge < -0.3 is 20.5 Å². The molecule has 0 radical (unpaired) electrons. The van der Waals surface area contributed by atoms with E-state index < -0.39 is 6.04 Å². The average Bonchev–Trinajstić information content (AvgIpc) is 3.34. The molecular weight excluding hydrogens is 510 g/mol. The van der Waals surface area contributed by atoms with Crippen LogP contribution in [0.4, 0.5) is 11.6 Å². The maximum atomic E-state index is 13.7. The molecule has 1 saturated carbocycles. The van der Waals surface area contributed by atoms with Crippen molar-refractivity contribution in [1.82, 2.24) is 24.4 Å². The molecule has 4 heterocycles. The molecule has 1 aliphatic carbocycles. The Balaban J connectivity index is 1.35. The number of rotatable bonds is 4. The van der Waals surface area contributed by atoms with Crippen molar-refractivity contribution in [2.24, 2.45) is 5.92 Å². The lowest BCUT2D eigenvalue weighted by Crippen LogP contribution is -2.46. The minimum absolute atomic E-state index is 0.0719. The first kappa shape index (κ1) is 22.0. The van der Waals surface area contributed by atoms with Crippen LogP contribution in [0.3, 0.4) is 0 Å². The molecule has 1 aliphatic heterocycles. The number of nitrogens with zero attached hydrogens (tertiary/aromatic N) is 5. The molecular formula is C25H24BrN7O2. The van der Waals surface area contributed by atoms with Gasteiger partial charge in [-0.2, -0.15) is 0 Å². The summed E-state index contributed by atoms with van der Waals surface area (Å²) in [6.45, 7) is 4.12. The number of pyridine rings is 1. The van der Waals surface area contributed by atoms with Crippen LogP contribution in [-0.4, -0.2) is 48.3 Å². The number of nitrogens with two attached hydrogens (primary N) is 1. The Morgan fingerprint density at radius 2 is 2.03 bits per heavy atom. The lowest BCUT2D eigenvalue weighted by Gasteiger charge is -2.27. The molecule has 0 bridgehead atoms. The first-order valence-electron chi connectivity index (χ1n) is 11.6. The molecule has 10 heteroatoms. The Labute approximate surface area is 209 Å². The fourth-order valence-corrected chi connectivity index (χ4v) is 5.92. The summed E-state index contributed by atoms with van der Waals surface area (Å²) in [4.78, 5) is 41.6. The van der Waals surface area contributed by atoms with Gasteiger partial charge in [-0.15, -0.1) is 0 Å². The summed E-state index contributed by atoms with van der Waals surface area (Å²) in [6, 6.07) is 9.05. The quantitative estimate of drug-likeness (QED) is 0.387. The minimum Gasteiger partial charge on any atom is -0.383 e. The number of carbonyl (C=O) groups excluding carboxylic acids is 2. The highest BCUT2D eigenvalue weighted by Crippen LogP contribution is 2.48. The van der Waals surface area contributed by atoms with Gasteiger partial charge >= 0.3 is 0 Å². The van der Waals surface area contributed by atoms with Gasteiger partial charge in [-0.25, -0.2) is 15.0 Å². The standard InChI is InChI=1S/C25H24BrN7O2/c1-12-6-13(2)22-15(7-12)21-23(27)28-11-29-24(21)32(22)10-20(34)33-16-8-14(16)9-17(33)25(35)31-19-5-3-4-18(26)30-19/h3-7,11,14,16-17H,8-10H2,1-2H3,(H2,27,28,29)(H,30,31,35)/t14?,16-,17+/m1/s1. The Hall–Kier alpha value is -3.53. The number of aryl methyl sites for hydroxylation is 2. The summed E-state index contributed by atoms with van der Waals surface area (Å²) in [5, 5.41) is 4.56. The lowest BCUT2D eigenvalue weighted by atomic mass is 10.1. The molecule has 3 N–H and O–H groups in total. The van der Waals surface area contributed by atoms with Crippen LogP contribution in [-0.2, 0) is 16.1 Å². The molecule has 178 valence electrons. The molecule has 35 heavy (non-hydrogen) atoms.